The van der Waals surface area contributed by atoms with Crippen molar-refractivity contribution in [1.82, 2.24) is 4.31 Å². The van der Waals surface area contributed by atoms with Gasteiger partial charge in [-0.2, -0.15) is 4.31 Å². The van der Waals surface area contributed by atoms with Gasteiger partial charge < -0.3 is 10.5 Å². The molecule has 1 fully saturated rings. The lowest BCUT2D eigenvalue weighted by atomic mass is 9.90. The zero-order valence-electron chi connectivity index (χ0n) is 17.3. The molecule has 2 aromatic carbocycles. The SMILES string of the molecule is NC(=O)c1cc(S(=O)(=O)N2CCCC2)ccc1OCC(=O)c1ccc2c(c1)CCCC2. The minimum Gasteiger partial charge on any atom is -0.485 e. The molecular formula is C23H26N2O5S. The van der Waals surface area contributed by atoms with Gasteiger partial charge in [0.1, 0.15) is 5.75 Å². The molecule has 0 bridgehead atoms. The summed E-state index contributed by atoms with van der Waals surface area (Å²) in [7, 11) is -3.69. The van der Waals surface area contributed by atoms with Crippen molar-refractivity contribution in [2.45, 2.75) is 43.4 Å². The van der Waals surface area contributed by atoms with Gasteiger partial charge >= 0.3 is 0 Å². The quantitative estimate of drug-likeness (QED) is 0.664. The number of ketones is 1. The average Bonchev–Trinajstić information content (AvgIpc) is 3.33. The number of fused-ring (bicyclic) bond motifs is 1. The van der Waals surface area contributed by atoms with Crippen molar-refractivity contribution >= 4 is 21.7 Å². The summed E-state index contributed by atoms with van der Waals surface area (Å²) in [5.41, 5.74) is 8.46. The summed E-state index contributed by atoms with van der Waals surface area (Å²) in [6, 6.07) is 9.72. The molecule has 1 heterocycles. The predicted octanol–water partition coefficient (Wildman–Crippen LogP) is 2.71. The Kier molecular flexibility index (Phi) is 6.11. The number of hydrogen-bond acceptors (Lipinski definition) is 5. The zero-order chi connectivity index (χ0) is 22.0. The van der Waals surface area contributed by atoms with Crippen LogP contribution in [0.2, 0.25) is 0 Å². The zero-order valence-corrected chi connectivity index (χ0v) is 18.1. The summed E-state index contributed by atoms with van der Waals surface area (Å²) in [4.78, 5) is 24.6. The highest BCUT2D eigenvalue weighted by Gasteiger charge is 2.28. The Bertz CT molecular complexity index is 1120. The van der Waals surface area contributed by atoms with E-state index in [-0.39, 0.29) is 28.6 Å². The number of hydrogen-bond donors (Lipinski definition) is 1. The third-order valence-electron chi connectivity index (χ3n) is 5.95. The first-order valence-corrected chi connectivity index (χ1v) is 12.0. The number of carbonyl (C=O) groups excluding carboxylic acids is 2. The molecule has 164 valence electrons. The molecule has 1 aliphatic carbocycles. The highest BCUT2D eigenvalue weighted by atomic mass is 32.2. The second-order valence-corrected chi connectivity index (χ2v) is 9.97. The lowest BCUT2D eigenvalue weighted by Gasteiger charge is -2.17. The van der Waals surface area contributed by atoms with Crippen LogP contribution in [0.1, 0.15) is 57.5 Å². The van der Waals surface area contributed by atoms with Crippen molar-refractivity contribution in [3.05, 3.63) is 58.7 Å². The molecule has 0 spiro atoms. The van der Waals surface area contributed by atoms with E-state index in [1.165, 1.54) is 40.1 Å². The van der Waals surface area contributed by atoms with Crippen LogP contribution in [-0.4, -0.2) is 44.1 Å². The molecule has 7 nitrogen and oxygen atoms in total. The van der Waals surface area contributed by atoms with Gasteiger partial charge in [-0.3, -0.25) is 9.59 Å². The predicted molar refractivity (Wildman–Crippen MR) is 116 cm³/mol. The van der Waals surface area contributed by atoms with Crippen molar-refractivity contribution < 1.29 is 22.7 Å². The van der Waals surface area contributed by atoms with E-state index in [1.807, 2.05) is 12.1 Å². The molecule has 31 heavy (non-hydrogen) atoms. The Labute approximate surface area is 182 Å². The second kappa shape index (κ2) is 8.80. The molecule has 2 aliphatic rings. The second-order valence-electron chi connectivity index (χ2n) is 8.04. The minimum absolute atomic E-state index is 0.00318. The molecule has 0 radical (unpaired) electrons. The van der Waals surface area contributed by atoms with Crippen molar-refractivity contribution in [1.29, 1.82) is 0 Å². The molecule has 4 rings (SSSR count). The Morgan fingerprint density at radius 2 is 1.65 bits per heavy atom. The fourth-order valence-electron chi connectivity index (χ4n) is 4.20. The molecule has 0 unspecified atom stereocenters. The summed E-state index contributed by atoms with van der Waals surface area (Å²) in [5, 5.41) is 0. The van der Waals surface area contributed by atoms with Crippen LogP contribution in [0.25, 0.3) is 0 Å². The molecule has 0 atom stereocenters. The van der Waals surface area contributed by atoms with Gasteiger partial charge in [0.05, 0.1) is 10.5 Å². The van der Waals surface area contributed by atoms with Crippen molar-refractivity contribution in [3.8, 4) is 5.75 Å². The summed E-state index contributed by atoms with van der Waals surface area (Å²) in [5.74, 6) is -0.925. The highest BCUT2D eigenvalue weighted by molar-refractivity contribution is 7.89. The smallest absolute Gasteiger partial charge is 0.252 e. The summed E-state index contributed by atoms with van der Waals surface area (Å²) < 4.78 is 32.5. The van der Waals surface area contributed by atoms with Crippen LogP contribution in [0.3, 0.4) is 0 Å². The van der Waals surface area contributed by atoms with Crippen LogP contribution in [0.4, 0.5) is 0 Å². The van der Waals surface area contributed by atoms with Gasteiger partial charge in [0.2, 0.25) is 10.0 Å². The van der Waals surface area contributed by atoms with E-state index in [2.05, 4.69) is 0 Å². The van der Waals surface area contributed by atoms with E-state index in [4.69, 9.17) is 10.5 Å². The Morgan fingerprint density at radius 3 is 2.35 bits per heavy atom. The fourth-order valence-corrected chi connectivity index (χ4v) is 5.74. The molecule has 0 aromatic heterocycles. The van der Waals surface area contributed by atoms with Gasteiger partial charge in [0.15, 0.2) is 12.4 Å². The third-order valence-corrected chi connectivity index (χ3v) is 7.84. The van der Waals surface area contributed by atoms with Crippen LogP contribution >= 0.6 is 0 Å². The third kappa shape index (κ3) is 4.50. The Balaban J connectivity index is 1.51. The normalized spacial score (nSPS) is 16.6. The van der Waals surface area contributed by atoms with Crippen molar-refractivity contribution in [3.63, 3.8) is 0 Å². The van der Waals surface area contributed by atoms with Crippen LogP contribution in [0.5, 0.6) is 5.75 Å². The number of rotatable bonds is 7. The summed E-state index contributed by atoms with van der Waals surface area (Å²) in [6.07, 6.45) is 5.92. The molecule has 2 N–H and O–H groups in total. The maximum Gasteiger partial charge on any atom is 0.252 e. The monoisotopic (exact) mass is 442 g/mol. The largest absolute Gasteiger partial charge is 0.485 e. The Hall–Kier alpha value is -2.71. The molecule has 1 amide bonds. The van der Waals surface area contributed by atoms with Gasteiger partial charge in [-0.25, -0.2) is 8.42 Å². The van der Waals surface area contributed by atoms with Crippen LogP contribution < -0.4 is 10.5 Å². The molecule has 0 saturated carbocycles. The van der Waals surface area contributed by atoms with E-state index in [1.54, 1.807) is 6.07 Å². The average molecular weight is 443 g/mol. The first kappa shape index (κ1) is 21.5. The van der Waals surface area contributed by atoms with Crippen LogP contribution in [0, 0.1) is 0 Å². The lowest BCUT2D eigenvalue weighted by molar-refractivity contribution is 0.0912. The van der Waals surface area contributed by atoms with Crippen LogP contribution in [-0.2, 0) is 22.9 Å². The first-order valence-electron chi connectivity index (χ1n) is 10.6. The number of benzene rings is 2. The topological polar surface area (TPSA) is 107 Å². The number of sulfonamides is 1. The van der Waals surface area contributed by atoms with E-state index in [9.17, 15) is 18.0 Å². The summed E-state index contributed by atoms with van der Waals surface area (Å²) in [6.45, 7) is 0.654. The minimum atomic E-state index is -3.69. The highest BCUT2D eigenvalue weighted by Crippen LogP contribution is 2.27. The maximum absolute atomic E-state index is 12.8. The standard InChI is InChI=1S/C23H26N2O5S/c24-23(27)20-14-19(31(28,29)25-11-3-4-12-25)9-10-22(20)30-15-21(26)18-8-7-16-5-1-2-6-17(16)13-18/h7-10,13-14H,1-6,11-12,15H2,(H2,24,27). The Morgan fingerprint density at radius 1 is 0.935 bits per heavy atom. The number of primary amides is 1. The van der Waals surface area contributed by atoms with Crippen molar-refractivity contribution in [2.24, 2.45) is 5.73 Å². The number of nitrogens with zero attached hydrogens (tertiary/aromatic N) is 1. The molecule has 2 aromatic rings. The number of nitrogens with two attached hydrogens (primary N) is 1. The first-order chi connectivity index (χ1) is 14.9. The van der Waals surface area contributed by atoms with Gasteiger partial charge in [-0.15, -0.1) is 0 Å². The number of Topliss-reactive ketones (excluding diaryl/α,β-unsaturated/α-hetero) is 1. The lowest BCUT2D eigenvalue weighted by Crippen LogP contribution is -2.28. The van der Waals surface area contributed by atoms with Crippen molar-refractivity contribution in [2.75, 3.05) is 19.7 Å². The van der Waals surface area contributed by atoms with E-state index in [0.717, 1.165) is 32.1 Å². The van der Waals surface area contributed by atoms with Gasteiger partial charge in [0, 0.05) is 18.7 Å². The number of carbonyl (C=O) groups is 2. The maximum atomic E-state index is 12.8. The van der Waals surface area contributed by atoms with Crippen LogP contribution in [0.15, 0.2) is 41.3 Å². The number of amides is 1. The van der Waals surface area contributed by atoms with Gasteiger partial charge in [-0.05, 0) is 73.9 Å². The molecular weight excluding hydrogens is 416 g/mol. The van der Waals surface area contributed by atoms with E-state index >= 15 is 0 Å². The molecule has 1 saturated heterocycles. The number of aryl methyl sites for hydroxylation is 2. The van der Waals surface area contributed by atoms with E-state index in [0.29, 0.717) is 18.7 Å². The van der Waals surface area contributed by atoms with E-state index < -0.39 is 15.9 Å². The summed E-state index contributed by atoms with van der Waals surface area (Å²) >= 11 is 0. The molecule has 8 heteroatoms. The number of ether oxygens (including phenoxy) is 1. The molecule has 1 aliphatic heterocycles. The van der Waals surface area contributed by atoms with Gasteiger partial charge in [0.25, 0.3) is 5.91 Å². The fraction of sp³-hybridized carbons (Fsp3) is 0.391. The van der Waals surface area contributed by atoms with Gasteiger partial charge in [-0.1, -0.05) is 12.1 Å².